The molecule has 8 rings (SSSR count). The molecule has 0 spiro atoms. The van der Waals surface area contributed by atoms with Gasteiger partial charge in [0.15, 0.2) is 0 Å². The van der Waals surface area contributed by atoms with Gasteiger partial charge in [-0.05, 0) is 123 Å². The lowest BCUT2D eigenvalue weighted by Gasteiger charge is -2.13. The fraction of sp³-hybridized carbons (Fsp3) is 0.261. The van der Waals surface area contributed by atoms with Crippen LogP contribution in [-0.4, -0.2) is 30.6 Å². The van der Waals surface area contributed by atoms with Crippen molar-refractivity contribution in [3.8, 4) is 65.7 Å². The topological polar surface area (TPSA) is 164 Å². The Kier molecular flexibility index (Phi) is 12.4. The largest absolute Gasteiger partial charge is 0.490 e. The van der Waals surface area contributed by atoms with Gasteiger partial charge in [0, 0.05) is 41.0 Å². The number of hydrogen-bond acceptors (Lipinski definition) is 11. The maximum atomic E-state index is 11.9. The number of nitriles is 2. The van der Waals surface area contributed by atoms with Gasteiger partial charge in [0.05, 0.1) is 33.1 Å². The lowest BCUT2D eigenvalue weighted by molar-refractivity contribution is 0.241. The summed E-state index contributed by atoms with van der Waals surface area (Å²) in [5.41, 5.74) is 16.0. The maximum Gasteiger partial charge on any atom is 0.233 e. The maximum absolute atomic E-state index is 11.9. The van der Waals surface area contributed by atoms with Crippen LogP contribution in [0, 0.1) is 22.7 Å². The van der Waals surface area contributed by atoms with Gasteiger partial charge in [-0.3, -0.25) is 0 Å². The zero-order chi connectivity index (χ0) is 41.8. The van der Waals surface area contributed by atoms with E-state index in [9.17, 15) is 18.9 Å². The summed E-state index contributed by atoms with van der Waals surface area (Å²) < 4.78 is 38.0. The van der Waals surface area contributed by atoms with Crippen molar-refractivity contribution < 1.29 is 17.9 Å². The van der Waals surface area contributed by atoms with E-state index in [0.717, 1.165) is 72.3 Å². The summed E-state index contributed by atoms with van der Waals surface area (Å²) in [6.07, 6.45) is 7.27. The van der Waals surface area contributed by atoms with E-state index in [-0.39, 0.29) is 24.3 Å². The Bertz CT molecular complexity index is 2720. The molecule has 10 nitrogen and oxygen atoms in total. The summed E-state index contributed by atoms with van der Waals surface area (Å²) in [5.74, 6) is 1.18. The van der Waals surface area contributed by atoms with Crippen LogP contribution in [0.4, 0.5) is 0 Å². The molecule has 0 saturated heterocycles. The lowest BCUT2D eigenvalue weighted by atomic mass is 10.0. The summed E-state index contributed by atoms with van der Waals surface area (Å²) >= 11 is 3.19. The molecule has 0 fully saturated rings. The van der Waals surface area contributed by atoms with Crippen molar-refractivity contribution >= 4 is 32.7 Å². The normalized spacial score (nSPS) is 15.5. The van der Waals surface area contributed by atoms with Crippen LogP contribution < -0.4 is 19.9 Å². The van der Waals surface area contributed by atoms with Crippen LogP contribution in [0.15, 0.2) is 97.2 Å². The van der Waals surface area contributed by atoms with Gasteiger partial charge in [-0.2, -0.15) is 10.5 Å². The third-order valence-electron chi connectivity index (χ3n) is 10.1. The van der Waals surface area contributed by atoms with Gasteiger partial charge in [-0.25, -0.2) is 23.1 Å². The van der Waals surface area contributed by atoms with E-state index in [2.05, 4.69) is 51.6 Å². The number of nitrogens with one attached hydrogen (secondary N) is 1. The minimum absolute atomic E-state index is 0.0145. The zero-order valence-corrected chi connectivity index (χ0v) is 35.7. The highest BCUT2D eigenvalue weighted by atomic mass is 32.2. The molecule has 0 aliphatic heterocycles. The first kappa shape index (κ1) is 41.5. The van der Waals surface area contributed by atoms with Gasteiger partial charge in [0.1, 0.15) is 33.7 Å². The quantitative estimate of drug-likeness (QED) is 0.129. The van der Waals surface area contributed by atoms with Crippen molar-refractivity contribution in [2.75, 3.05) is 0 Å². The highest BCUT2D eigenvalue weighted by molar-refractivity contribution is 7.92. The summed E-state index contributed by atoms with van der Waals surface area (Å²) in [4.78, 5) is 11.3. The van der Waals surface area contributed by atoms with Gasteiger partial charge in [-0.1, -0.05) is 43.0 Å². The number of ether oxygens (including phenoxy) is 2. The molecule has 2 aromatic heterocycles. The SMILES string of the molecule is C=CS(=O)(=O)N[C@@H]1CCc2c(-c3cnc(-c4ccc(OC(C)C)c(C#N)c4)s3)cccc21.CC(C)Oc1ccc(-c2ncc(-c3cccc4c3CC[C@H]4N)s2)cc1C#N. The number of hydrogen-bond donors (Lipinski definition) is 2. The molecule has 0 radical (unpaired) electrons. The molecule has 300 valence electrons. The number of nitrogens with zero attached hydrogens (tertiary/aromatic N) is 4. The summed E-state index contributed by atoms with van der Waals surface area (Å²) in [7, 11) is -3.51. The van der Waals surface area contributed by atoms with Crippen molar-refractivity contribution in [1.29, 1.82) is 10.5 Å². The van der Waals surface area contributed by atoms with Crippen LogP contribution in [-0.2, 0) is 22.9 Å². The Morgan fingerprint density at radius 1 is 0.780 bits per heavy atom. The van der Waals surface area contributed by atoms with E-state index in [1.807, 2.05) is 88.6 Å². The van der Waals surface area contributed by atoms with Gasteiger partial charge in [0.25, 0.3) is 0 Å². The number of fused-ring (bicyclic) bond motifs is 2. The average molecular weight is 841 g/mol. The third-order valence-corrected chi connectivity index (χ3v) is 13.3. The van der Waals surface area contributed by atoms with Gasteiger partial charge in [-0.15, -0.1) is 22.7 Å². The highest BCUT2D eigenvalue weighted by Gasteiger charge is 2.28. The van der Waals surface area contributed by atoms with E-state index in [4.69, 9.17) is 15.2 Å². The Hall–Kier alpha value is -5.67. The lowest BCUT2D eigenvalue weighted by Crippen LogP contribution is -2.25. The molecule has 3 N–H and O–H groups in total. The summed E-state index contributed by atoms with van der Waals surface area (Å²) in [6, 6.07) is 27.8. The second-order valence-corrected chi connectivity index (χ2v) is 18.6. The molecular formula is C46H44N6O4S3. The molecule has 0 saturated carbocycles. The van der Waals surface area contributed by atoms with Crippen molar-refractivity contribution in [3.05, 3.63) is 131 Å². The van der Waals surface area contributed by atoms with E-state index < -0.39 is 10.0 Å². The van der Waals surface area contributed by atoms with Crippen LogP contribution in [0.3, 0.4) is 0 Å². The van der Waals surface area contributed by atoms with Gasteiger partial charge >= 0.3 is 0 Å². The smallest absolute Gasteiger partial charge is 0.233 e. The molecule has 2 heterocycles. The van der Waals surface area contributed by atoms with Crippen LogP contribution >= 0.6 is 22.7 Å². The van der Waals surface area contributed by atoms with Crippen LogP contribution in [0.1, 0.15) is 86.0 Å². The molecule has 6 aromatic rings. The second-order valence-electron chi connectivity index (χ2n) is 14.9. The number of thiazole rings is 2. The van der Waals surface area contributed by atoms with Crippen molar-refractivity contribution in [3.63, 3.8) is 0 Å². The van der Waals surface area contributed by atoms with Gasteiger partial charge < -0.3 is 15.2 Å². The molecule has 2 aliphatic carbocycles. The molecule has 4 aromatic carbocycles. The highest BCUT2D eigenvalue weighted by Crippen LogP contribution is 2.43. The first-order valence-electron chi connectivity index (χ1n) is 19.4. The van der Waals surface area contributed by atoms with E-state index in [1.165, 1.54) is 16.7 Å². The van der Waals surface area contributed by atoms with Crippen molar-refractivity contribution in [1.82, 2.24) is 14.7 Å². The Balaban J connectivity index is 0.000000181. The minimum atomic E-state index is -3.51. The average Bonchev–Trinajstić information content (AvgIpc) is 4.06. The van der Waals surface area contributed by atoms with Crippen molar-refractivity contribution in [2.45, 2.75) is 77.7 Å². The van der Waals surface area contributed by atoms with Gasteiger partial charge in [0.2, 0.25) is 10.0 Å². The summed E-state index contributed by atoms with van der Waals surface area (Å²) in [6.45, 7) is 11.1. The molecule has 0 bridgehead atoms. The Morgan fingerprint density at radius 3 is 1.76 bits per heavy atom. The standard InChI is InChI=1S/C24H23N3O3S2.C22H21N3OS/c1-4-32(28,29)27-21-10-9-18-19(21)6-5-7-20(18)23-14-26-24(31-23)16-8-11-22(30-15(2)3)17(12-16)13-25;1-13(2)26-20-9-6-14(10-15(20)11-23)22-25-12-21(27-22)18-5-3-4-17-16(18)7-8-19(17)24/h4-8,11-12,14-15,21,27H,1,9-10H2,2-3H3;3-6,9-10,12-13,19H,7-8,24H2,1-2H3/t21-;19-/m11/s1. The zero-order valence-electron chi connectivity index (χ0n) is 33.2. The fourth-order valence-corrected chi connectivity index (χ4v) is 10.1. The van der Waals surface area contributed by atoms with E-state index in [0.29, 0.717) is 29.0 Å². The molecule has 2 aliphatic rings. The second kappa shape index (κ2) is 17.7. The molecule has 0 unspecified atom stereocenters. The Morgan fingerprint density at radius 2 is 1.27 bits per heavy atom. The van der Waals surface area contributed by atoms with Crippen LogP contribution in [0.25, 0.3) is 42.0 Å². The molecule has 0 amide bonds. The molecule has 59 heavy (non-hydrogen) atoms. The van der Waals surface area contributed by atoms with E-state index in [1.54, 1.807) is 28.7 Å². The first-order chi connectivity index (χ1) is 28.4. The number of nitrogens with two attached hydrogens (primary N) is 1. The van der Waals surface area contributed by atoms with E-state index >= 15 is 0 Å². The number of benzene rings is 4. The number of rotatable bonds is 11. The minimum Gasteiger partial charge on any atom is -0.490 e. The monoisotopic (exact) mass is 840 g/mol. The predicted octanol–water partition coefficient (Wildman–Crippen LogP) is 10.3. The van der Waals surface area contributed by atoms with Crippen molar-refractivity contribution in [2.24, 2.45) is 5.73 Å². The first-order valence-corrected chi connectivity index (χ1v) is 22.5. The van der Waals surface area contributed by atoms with Crippen LogP contribution in [0.2, 0.25) is 0 Å². The number of sulfonamides is 1. The number of aromatic nitrogens is 2. The molecule has 2 atom stereocenters. The Labute approximate surface area is 353 Å². The molecule has 13 heteroatoms. The molecular weight excluding hydrogens is 797 g/mol. The van der Waals surface area contributed by atoms with Crippen LogP contribution in [0.5, 0.6) is 11.5 Å². The predicted molar refractivity (Wildman–Crippen MR) is 235 cm³/mol. The summed E-state index contributed by atoms with van der Waals surface area (Å²) in [5, 5.41) is 21.6. The fourth-order valence-electron chi connectivity index (χ4n) is 7.45. The third kappa shape index (κ3) is 9.15.